The van der Waals surface area contributed by atoms with Gasteiger partial charge in [-0.15, -0.1) is 11.6 Å². The summed E-state index contributed by atoms with van der Waals surface area (Å²) in [4.78, 5) is 0. The first-order chi connectivity index (χ1) is 8.74. The maximum Gasteiger partial charge on any atom is 0.0622 e. The fourth-order valence-electron chi connectivity index (χ4n) is 2.95. The molecular weight excluding hydrogens is 240 g/mol. The first-order valence-electron chi connectivity index (χ1n) is 6.51. The van der Waals surface area contributed by atoms with E-state index in [1.165, 1.54) is 22.3 Å². The van der Waals surface area contributed by atoms with Crippen LogP contribution in [0.3, 0.4) is 0 Å². The highest BCUT2D eigenvalue weighted by Crippen LogP contribution is 2.42. The van der Waals surface area contributed by atoms with Crippen LogP contribution in [0.2, 0.25) is 0 Å². The van der Waals surface area contributed by atoms with Crippen molar-refractivity contribution in [2.75, 3.05) is 0 Å². The maximum absolute atomic E-state index is 6.60. The van der Waals surface area contributed by atoms with E-state index in [-0.39, 0.29) is 5.38 Å². The molecule has 3 rings (SSSR count). The summed E-state index contributed by atoms with van der Waals surface area (Å²) in [6.45, 7) is 2.14. The van der Waals surface area contributed by atoms with Gasteiger partial charge < -0.3 is 0 Å². The van der Waals surface area contributed by atoms with Crippen LogP contribution in [0, 0.1) is 12.8 Å². The summed E-state index contributed by atoms with van der Waals surface area (Å²) in [7, 11) is 0. The second-order valence-corrected chi connectivity index (χ2v) is 5.73. The van der Waals surface area contributed by atoms with Gasteiger partial charge in [0.1, 0.15) is 0 Å². The van der Waals surface area contributed by atoms with Crippen LogP contribution < -0.4 is 0 Å². The summed E-state index contributed by atoms with van der Waals surface area (Å²) in [5.74, 6) is 0.533. The Morgan fingerprint density at radius 2 is 1.94 bits per heavy atom. The fourth-order valence-corrected chi connectivity index (χ4v) is 3.34. The molecule has 18 heavy (non-hydrogen) atoms. The van der Waals surface area contributed by atoms with Crippen molar-refractivity contribution in [2.45, 2.75) is 25.1 Å². The third kappa shape index (κ3) is 2.18. The van der Waals surface area contributed by atoms with E-state index in [4.69, 9.17) is 11.6 Å². The molecule has 0 saturated heterocycles. The van der Waals surface area contributed by atoms with Gasteiger partial charge in [-0.05, 0) is 42.4 Å². The van der Waals surface area contributed by atoms with Gasteiger partial charge in [-0.3, -0.25) is 0 Å². The van der Waals surface area contributed by atoms with Gasteiger partial charge >= 0.3 is 0 Å². The van der Waals surface area contributed by atoms with Gasteiger partial charge in [0.2, 0.25) is 0 Å². The fraction of sp³-hybridized carbons (Fsp3) is 0.294. The molecule has 2 aromatic rings. The minimum atomic E-state index is 0.168. The Morgan fingerprint density at radius 1 is 1.11 bits per heavy atom. The van der Waals surface area contributed by atoms with Crippen molar-refractivity contribution in [3.05, 3.63) is 70.8 Å². The molecule has 0 amide bonds. The highest BCUT2D eigenvalue weighted by molar-refractivity contribution is 6.21. The maximum atomic E-state index is 6.60. The van der Waals surface area contributed by atoms with Gasteiger partial charge in [-0.1, -0.05) is 54.1 Å². The second-order valence-electron chi connectivity index (χ2n) is 5.26. The largest absolute Gasteiger partial charge is 0.117 e. The first-order valence-corrected chi connectivity index (χ1v) is 6.95. The van der Waals surface area contributed by atoms with Crippen molar-refractivity contribution in [3.63, 3.8) is 0 Å². The summed E-state index contributed by atoms with van der Waals surface area (Å²) < 4.78 is 0. The van der Waals surface area contributed by atoms with Gasteiger partial charge in [0.15, 0.2) is 0 Å². The summed E-state index contributed by atoms with van der Waals surface area (Å²) in [6.07, 6.45) is 2.18. The number of fused-ring (bicyclic) bond motifs is 1. The Balaban J connectivity index is 1.81. The van der Waals surface area contributed by atoms with Crippen LogP contribution in [0.1, 0.15) is 27.6 Å². The van der Waals surface area contributed by atoms with Crippen LogP contribution in [0.25, 0.3) is 0 Å². The van der Waals surface area contributed by atoms with Crippen molar-refractivity contribution in [3.8, 4) is 0 Å². The lowest BCUT2D eigenvalue weighted by Gasteiger charge is -2.14. The predicted molar refractivity (Wildman–Crippen MR) is 77.1 cm³/mol. The summed E-state index contributed by atoms with van der Waals surface area (Å²) in [5.41, 5.74) is 5.49. The summed E-state index contributed by atoms with van der Waals surface area (Å²) in [6, 6.07) is 17.3. The number of halogens is 1. The molecular formula is C17H17Cl. The van der Waals surface area contributed by atoms with Crippen LogP contribution in [0.15, 0.2) is 48.5 Å². The zero-order valence-corrected chi connectivity index (χ0v) is 11.3. The number of alkyl halides is 1. The van der Waals surface area contributed by atoms with Gasteiger partial charge in [-0.2, -0.15) is 0 Å². The number of hydrogen-bond donors (Lipinski definition) is 0. The van der Waals surface area contributed by atoms with Gasteiger partial charge in [-0.25, -0.2) is 0 Å². The zero-order valence-electron chi connectivity index (χ0n) is 10.6. The van der Waals surface area contributed by atoms with Crippen LogP contribution in [-0.4, -0.2) is 0 Å². The zero-order chi connectivity index (χ0) is 12.5. The molecule has 2 atom stereocenters. The molecule has 92 valence electrons. The Morgan fingerprint density at radius 3 is 2.72 bits per heavy atom. The van der Waals surface area contributed by atoms with Gasteiger partial charge in [0.25, 0.3) is 0 Å². The standard InChI is InChI=1S/C17H17Cl/c1-12-5-4-6-13(9-12)10-15-11-14-7-2-3-8-16(14)17(15)18/h2-9,15,17H,10-11H2,1H3. The Bertz CT molecular complexity index is 559. The molecule has 0 aromatic heterocycles. The van der Waals surface area contributed by atoms with Crippen molar-refractivity contribution in [1.82, 2.24) is 0 Å². The van der Waals surface area contributed by atoms with Gasteiger partial charge in [0, 0.05) is 0 Å². The molecule has 1 aliphatic rings. The molecule has 0 aliphatic heterocycles. The topological polar surface area (TPSA) is 0 Å². The van der Waals surface area contributed by atoms with Crippen molar-refractivity contribution in [2.24, 2.45) is 5.92 Å². The van der Waals surface area contributed by atoms with E-state index in [0.29, 0.717) is 5.92 Å². The number of hydrogen-bond acceptors (Lipinski definition) is 0. The lowest BCUT2D eigenvalue weighted by molar-refractivity contribution is 0.543. The average Bonchev–Trinajstić information content (AvgIpc) is 2.67. The molecule has 1 aliphatic carbocycles. The minimum Gasteiger partial charge on any atom is -0.117 e. The summed E-state index contributed by atoms with van der Waals surface area (Å²) in [5, 5.41) is 0.168. The molecule has 2 aromatic carbocycles. The smallest absolute Gasteiger partial charge is 0.0622 e. The van der Waals surface area contributed by atoms with Crippen LogP contribution in [0.5, 0.6) is 0 Å². The summed E-state index contributed by atoms with van der Waals surface area (Å²) >= 11 is 6.60. The highest BCUT2D eigenvalue weighted by atomic mass is 35.5. The lowest BCUT2D eigenvalue weighted by atomic mass is 9.95. The van der Waals surface area contributed by atoms with Crippen LogP contribution >= 0.6 is 11.6 Å². The average molecular weight is 257 g/mol. The molecule has 0 N–H and O–H groups in total. The minimum absolute atomic E-state index is 0.168. The molecule has 0 saturated carbocycles. The molecule has 1 heteroatoms. The monoisotopic (exact) mass is 256 g/mol. The van der Waals surface area contributed by atoms with E-state index >= 15 is 0 Å². The SMILES string of the molecule is Cc1cccc(CC2Cc3ccccc3C2Cl)c1. The lowest BCUT2D eigenvalue weighted by Crippen LogP contribution is -2.06. The van der Waals surface area contributed by atoms with Crippen LogP contribution in [-0.2, 0) is 12.8 Å². The predicted octanol–water partition coefficient (Wildman–Crippen LogP) is 4.69. The van der Waals surface area contributed by atoms with E-state index in [1.807, 2.05) is 0 Å². The van der Waals surface area contributed by atoms with E-state index in [9.17, 15) is 0 Å². The Hall–Kier alpha value is -1.27. The Labute approximate surface area is 114 Å². The molecule has 0 radical (unpaired) electrons. The van der Waals surface area contributed by atoms with E-state index in [0.717, 1.165) is 12.8 Å². The Kier molecular flexibility index (Phi) is 3.13. The first kappa shape index (κ1) is 11.8. The van der Waals surface area contributed by atoms with Crippen LogP contribution in [0.4, 0.5) is 0 Å². The quantitative estimate of drug-likeness (QED) is 0.684. The third-order valence-corrected chi connectivity index (χ3v) is 4.42. The number of aryl methyl sites for hydroxylation is 1. The molecule has 0 bridgehead atoms. The van der Waals surface area contributed by atoms with Gasteiger partial charge in [0.05, 0.1) is 5.38 Å². The van der Waals surface area contributed by atoms with Crippen molar-refractivity contribution in [1.29, 1.82) is 0 Å². The second kappa shape index (κ2) is 4.78. The molecule has 0 heterocycles. The molecule has 0 nitrogen and oxygen atoms in total. The van der Waals surface area contributed by atoms with Crippen molar-refractivity contribution >= 4 is 11.6 Å². The number of rotatable bonds is 2. The molecule has 2 unspecified atom stereocenters. The third-order valence-electron chi connectivity index (χ3n) is 3.83. The van der Waals surface area contributed by atoms with E-state index in [2.05, 4.69) is 55.5 Å². The van der Waals surface area contributed by atoms with E-state index < -0.39 is 0 Å². The molecule has 0 spiro atoms. The number of benzene rings is 2. The highest BCUT2D eigenvalue weighted by Gasteiger charge is 2.30. The van der Waals surface area contributed by atoms with E-state index in [1.54, 1.807) is 0 Å². The molecule has 0 fully saturated rings. The van der Waals surface area contributed by atoms with Crippen molar-refractivity contribution < 1.29 is 0 Å². The normalized spacial score (nSPS) is 21.9.